The maximum Gasteiger partial charge on any atom is 0.469 e. The lowest BCUT2D eigenvalue weighted by Gasteiger charge is -2.30. The number of amides is 1. The zero-order valence-electron chi connectivity index (χ0n) is 27.4. The van der Waals surface area contributed by atoms with Gasteiger partial charge >= 0.3 is 7.82 Å². The standard InChI is InChI=1S/C32H41FN7O7PS/c1-3-39(12-14-47-48(42,43)44)20-24-9-5-10-40(24)11-6-13-46-29-18-27-26(17-28(29)45-2)31(36-21-35-27)38-32-34-19-25(49-32)16-30(41)37-23-8-4-7-22(33)15-23/h4,7-8,15,17-19,21,24H,3,5-6,9-14,16,20H2,1-2H3,(H,37,41)(H2,42,43,44)(H,34,35,36,38)/t24-/m0/s1. The number of hydrogen-bond donors (Lipinski definition) is 4. The number of methoxy groups -OCH3 is 1. The molecular weight excluding hydrogens is 676 g/mol. The number of aromatic nitrogens is 3. The lowest BCUT2D eigenvalue weighted by Crippen LogP contribution is -2.42. The molecule has 0 bridgehead atoms. The van der Waals surface area contributed by atoms with Gasteiger partial charge in [-0.3, -0.25) is 19.1 Å². The smallest absolute Gasteiger partial charge is 0.469 e. The summed E-state index contributed by atoms with van der Waals surface area (Å²) in [4.78, 5) is 48.9. The van der Waals surface area contributed by atoms with Gasteiger partial charge in [-0.2, -0.15) is 0 Å². The third kappa shape index (κ3) is 10.9. The van der Waals surface area contributed by atoms with Gasteiger partial charge in [0.1, 0.15) is 18.0 Å². The van der Waals surface area contributed by atoms with Crippen LogP contribution in [0.15, 0.2) is 48.9 Å². The minimum absolute atomic E-state index is 0.0128. The summed E-state index contributed by atoms with van der Waals surface area (Å²) in [5.41, 5.74) is 1.04. The van der Waals surface area contributed by atoms with Crippen molar-refractivity contribution in [1.82, 2.24) is 24.8 Å². The Labute approximate surface area is 287 Å². The van der Waals surface area contributed by atoms with Crippen LogP contribution in [0.5, 0.6) is 11.5 Å². The monoisotopic (exact) mass is 717 g/mol. The highest BCUT2D eigenvalue weighted by molar-refractivity contribution is 7.46. The number of nitrogens with zero attached hydrogens (tertiary/aromatic N) is 5. The van der Waals surface area contributed by atoms with Gasteiger partial charge in [-0.05, 0) is 56.6 Å². The van der Waals surface area contributed by atoms with Crippen LogP contribution in [0.3, 0.4) is 0 Å². The van der Waals surface area contributed by atoms with Gasteiger partial charge in [0.25, 0.3) is 0 Å². The van der Waals surface area contributed by atoms with Crippen molar-refractivity contribution >= 4 is 52.6 Å². The lowest BCUT2D eigenvalue weighted by molar-refractivity contribution is -0.115. The molecule has 264 valence electrons. The van der Waals surface area contributed by atoms with Crippen molar-refractivity contribution in [2.24, 2.45) is 0 Å². The van der Waals surface area contributed by atoms with E-state index in [1.807, 2.05) is 19.1 Å². The SMILES string of the molecule is CCN(CCOP(=O)(O)O)C[C@@H]1CCCN1CCCOc1cc2ncnc(Nc3ncc(CC(=O)Nc4cccc(F)c4)s3)c2cc1OC. The van der Waals surface area contributed by atoms with Crippen molar-refractivity contribution in [2.75, 3.05) is 63.7 Å². The molecule has 14 nitrogen and oxygen atoms in total. The van der Waals surface area contributed by atoms with Crippen LogP contribution in [0.4, 0.5) is 21.0 Å². The quantitative estimate of drug-likeness (QED) is 0.0816. The highest BCUT2D eigenvalue weighted by atomic mass is 32.1. The van der Waals surface area contributed by atoms with E-state index in [2.05, 4.69) is 39.9 Å². The molecule has 17 heteroatoms. The number of likely N-dealkylation sites (N-methyl/N-ethyl adjacent to an activating group) is 1. The fraction of sp³-hybridized carbons (Fsp3) is 0.438. The van der Waals surface area contributed by atoms with Gasteiger partial charge in [-0.15, -0.1) is 11.3 Å². The number of ether oxygens (including phenoxy) is 2. The van der Waals surface area contributed by atoms with E-state index < -0.39 is 13.6 Å². The van der Waals surface area contributed by atoms with Crippen molar-refractivity contribution < 1.29 is 37.5 Å². The number of nitrogens with one attached hydrogen (secondary N) is 2. The number of halogens is 1. The Morgan fingerprint density at radius 1 is 1.18 bits per heavy atom. The van der Waals surface area contributed by atoms with E-state index in [1.54, 1.807) is 19.4 Å². The van der Waals surface area contributed by atoms with Gasteiger partial charge in [0, 0.05) is 53.9 Å². The Hall–Kier alpha value is -3.76. The molecule has 0 radical (unpaired) electrons. The van der Waals surface area contributed by atoms with Gasteiger partial charge in [-0.25, -0.2) is 23.9 Å². The van der Waals surface area contributed by atoms with Crippen LogP contribution in [0.1, 0.15) is 31.1 Å². The highest BCUT2D eigenvalue weighted by Crippen LogP contribution is 2.36. The molecule has 0 unspecified atom stereocenters. The molecule has 2 aromatic heterocycles. The molecule has 0 spiro atoms. The maximum atomic E-state index is 13.4. The van der Waals surface area contributed by atoms with Gasteiger partial charge < -0.3 is 29.9 Å². The van der Waals surface area contributed by atoms with Crippen LogP contribution >= 0.6 is 19.2 Å². The summed E-state index contributed by atoms with van der Waals surface area (Å²) < 4.78 is 40.9. The van der Waals surface area contributed by atoms with Crippen LogP contribution in [0.25, 0.3) is 10.9 Å². The minimum Gasteiger partial charge on any atom is -0.493 e. The van der Waals surface area contributed by atoms with Crippen LogP contribution in [0.2, 0.25) is 0 Å². The first-order valence-corrected chi connectivity index (χ1v) is 18.3. The Balaban J connectivity index is 1.14. The second kappa shape index (κ2) is 17.3. The minimum atomic E-state index is -4.47. The molecular formula is C32H41FN7O7PS. The summed E-state index contributed by atoms with van der Waals surface area (Å²) in [5, 5.41) is 7.16. The number of benzene rings is 2. The zero-order chi connectivity index (χ0) is 34.8. The largest absolute Gasteiger partial charge is 0.493 e. The van der Waals surface area contributed by atoms with Gasteiger partial charge in [-0.1, -0.05) is 13.0 Å². The molecule has 1 aliphatic rings. The van der Waals surface area contributed by atoms with Crippen LogP contribution in [-0.2, 0) is 20.3 Å². The van der Waals surface area contributed by atoms with E-state index in [-0.39, 0.29) is 18.9 Å². The molecule has 3 heterocycles. The molecule has 1 aliphatic heterocycles. The second-order valence-corrected chi connectivity index (χ2v) is 13.8. The molecule has 1 amide bonds. The molecule has 1 fully saturated rings. The summed E-state index contributed by atoms with van der Waals surface area (Å²) in [6.45, 7) is 6.38. The third-order valence-electron chi connectivity index (χ3n) is 8.07. The van der Waals surface area contributed by atoms with E-state index in [0.717, 1.165) is 50.3 Å². The maximum absolute atomic E-state index is 13.4. The Morgan fingerprint density at radius 3 is 2.82 bits per heavy atom. The predicted molar refractivity (Wildman–Crippen MR) is 185 cm³/mol. The van der Waals surface area contributed by atoms with E-state index in [1.165, 1.54) is 35.9 Å². The molecule has 5 rings (SSSR count). The van der Waals surface area contributed by atoms with Gasteiger partial charge in [0.05, 0.1) is 32.3 Å². The Morgan fingerprint density at radius 2 is 2.04 bits per heavy atom. The normalized spacial score (nSPS) is 15.2. The highest BCUT2D eigenvalue weighted by Gasteiger charge is 2.26. The number of carbonyl (C=O) groups excluding carboxylic acids is 1. The zero-order valence-corrected chi connectivity index (χ0v) is 29.1. The first kappa shape index (κ1) is 36.5. The van der Waals surface area contributed by atoms with Crippen molar-refractivity contribution in [3.05, 3.63) is 59.6 Å². The van der Waals surface area contributed by atoms with Crippen molar-refractivity contribution in [3.8, 4) is 11.5 Å². The first-order valence-electron chi connectivity index (χ1n) is 16.0. The fourth-order valence-corrected chi connectivity index (χ4v) is 6.85. The molecule has 0 saturated carbocycles. The second-order valence-electron chi connectivity index (χ2n) is 11.5. The Kier molecular flexibility index (Phi) is 12.9. The number of rotatable bonds is 18. The van der Waals surface area contributed by atoms with Gasteiger partial charge in [0.15, 0.2) is 16.6 Å². The van der Waals surface area contributed by atoms with Crippen LogP contribution < -0.4 is 20.1 Å². The number of thiazole rings is 1. The number of carbonyl (C=O) groups is 1. The molecule has 1 saturated heterocycles. The number of anilines is 3. The average Bonchev–Trinajstić information content (AvgIpc) is 3.70. The molecule has 4 aromatic rings. The van der Waals surface area contributed by atoms with E-state index in [0.29, 0.717) is 58.2 Å². The van der Waals surface area contributed by atoms with Crippen LogP contribution in [-0.4, -0.2) is 99.5 Å². The molecule has 1 atom stereocenters. The number of likely N-dealkylation sites (tertiary alicyclic amines) is 1. The molecule has 0 aliphatic carbocycles. The molecule has 4 N–H and O–H groups in total. The third-order valence-corrected chi connectivity index (χ3v) is 9.50. The number of hydrogen-bond acceptors (Lipinski definition) is 12. The lowest BCUT2D eigenvalue weighted by atomic mass is 10.2. The number of phosphoric ester groups is 1. The first-order chi connectivity index (χ1) is 23.6. The van der Waals surface area contributed by atoms with E-state index in [4.69, 9.17) is 19.3 Å². The number of phosphoric acid groups is 1. The average molecular weight is 718 g/mol. The topological polar surface area (TPSA) is 172 Å². The van der Waals surface area contributed by atoms with Crippen molar-refractivity contribution in [3.63, 3.8) is 0 Å². The van der Waals surface area contributed by atoms with Crippen molar-refractivity contribution in [2.45, 2.75) is 38.6 Å². The summed E-state index contributed by atoms with van der Waals surface area (Å²) >= 11 is 1.31. The number of fused-ring (bicyclic) bond motifs is 1. The van der Waals surface area contributed by atoms with Crippen molar-refractivity contribution in [1.29, 1.82) is 0 Å². The summed E-state index contributed by atoms with van der Waals surface area (Å²) in [7, 11) is -2.89. The summed E-state index contributed by atoms with van der Waals surface area (Å²) in [6.07, 6.45) is 6.12. The summed E-state index contributed by atoms with van der Waals surface area (Å²) in [6, 6.07) is 9.74. The summed E-state index contributed by atoms with van der Waals surface area (Å²) in [5.74, 6) is 0.925. The fourth-order valence-electron chi connectivity index (χ4n) is 5.73. The van der Waals surface area contributed by atoms with Gasteiger partial charge in [0.2, 0.25) is 5.91 Å². The van der Waals surface area contributed by atoms with Crippen LogP contribution in [0, 0.1) is 5.82 Å². The molecule has 49 heavy (non-hydrogen) atoms. The predicted octanol–water partition coefficient (Wildman–Crippen LogP) is 4.82. The Bertz CT molecular complexity index is 1760. The molecule has 2 aromatic carbocycles. The van der Waals surface area contributed by atoms with E-state index in [9.17, 15) is 13.8 Å². The van der Waals surface area contributed by atoms with E-state index >= 15 is 0 Å².